The number of hydrogen-bond acceptors (Lipinski definition) is 3. The minimum absolute atomic E-state index is 0.531. The fourth-order valence-corrected chi connectivity index (χ4v) is 2.21. The second-order valence-corrected chi connectivity index (χ2v) is 4.37. The van der Waals surface area contributed by atoms with Crippen LogP contribution in [0.1, 0.15) is 37.9 Å². The third-order valence-corrected chi connectivity index (χ3v) is 3.15. The Balaban J connectivity index is 2.67. The van der Waals surface area contributed by atoms with E-state index in [0.29, 0.717) is 12.0 Å². The number of unbranched alkanes of at least 4 members (excludes halogenated alkanes) is 1. The summed E-state index contributed by atoms with van der Waals surface area (Å²) in [6, 6.07) is 1.78. The van der Waals surface area contributed by atoms with Crippen LogP contribution in [-0.4, -0.2) is 16.2 Å². The molecule has 0 amide bonds. The molecule has 15 heavy (non-hydrogen) atoms. The predicted octanol–water partition coefficient (Wildman–Crippen LogP) is 2.67. The molecule has 4 heteroatoms. The Morgan fingerprint density at radius 3 is 2.80 bits per heavy atom. The van der Waals surface area contributed by atoms with Gasteiger partial charge in [-0.15, -0.1) is 0 Å². The molecule has 3 nitrogen and oxygen atoms in total. The zero-order valence-electron chi connectivity index (χ0n) is 8.72. The number of rotatable bonds is 6. The molecule has 0 aliphatic carbocycles. The molecule has 0 bridgehead atoms. The summed E-state index contributed by atoms with van der Waals surface area (Å²) in [5.74, 6) is -1.60. The predicted molar refractivity (Wildman–Crippen MR) is 59.9 cm³/mol. The average molecular weight is 228 g/mol. The summed E-state index contributed by atoms with van der Waals surface area (Å²) in [6.07, 6.45) is 1.43. The van der Waals surface area contributed by atoms with Crippen LogP contribution >= 0.6 is 11.3 Å². The number of aliphatic hydroxyl groups excluding tert-OH is 1. The van der Waals surface area contributed by atoms with Gasteiger partial charge in [-0.05, 0) is 28.8 Å². The number of carboxylic acids is 1. The van der Waals surface area contributed by atoms with Crippen LogP contribution in [0, 0.1) is 5.92 Å². The highest BCUT2D eigenvalue weighted by atomic mass is 32.1. The quantitative estimate of drug-likeness (QED) is 0.787. The Kier molecular flexibility index (Phi) is 4.78. The third-order valence-electron chi connectivity index (χ3n) is 2.45. The Morgan fingerprint density at radius 2 is 2.33 bits per heavy atom. The van der Waals surface area contributed by atoms with Crippen molar-refractivity contribution in [3.05, 3.63) is 22.4 Å². The van der Waals surface area contributed by atoms with Gasteiger partial charge in [0, 0.05) is 0 Å². The van der Waals surface area contributed by atoms with E-state index >= 15 is 0 Å². The Labute approximate surface area is 93.4 Å². The molecule has 0 radical (unpaired) electrons. The van der Waals surface area contributed by atoms with Gasteiger partial charge in [0.05, 0.1) is 12.0 Å². The summed E-state index contributed by atoms with van der Waals surface area (Å²) in [7, 11) is 0. The molecular formula is C11H16O3S. The molecule has 0 saturated carbocycles. The van der Waals surface area contributed by atoms with Gasteiger partial charge in [-0.25, -0.2) is 0 Å². The van der Waals surface area contributed by atoms with Gasteiger partial charge in [0.25, 0.3) is 0 Å². The van der Waals surface area contributed by atoms with Crippen LogP contribution in [0.2, 0.25) is 0 Å². The molecule has 0 spiro atoms. The van der Waals surface area contributed by atoms with Gasteiger partial charge in [-0.1, -0.05) is 19.8 Å². The Hall–Kier alpha value is -0.870. The summed E-state index contributed by atoms with van der Waals surface area (Å²) in [4.78, 5) is 11.0. The second-order valence-electron chi connectivity index (χ2n) is 3.59. The Bertz CT molecular complexity index is 295. The first-order chi connectivity index (χ1) is 7.16. The van der Waals surface area contributed by atoms with Gasteiger partial charge in [-0.2, -0.15) is 11.3 Å². The lowest BCUT2D eigenvalue weighted by molar-refractivity contribution is -0.146. The van der Waals surface area contributed by atoms with Crippen LogP contribution in [0.25, 0.3) is 0 Å². The number of carboxylic acid groups (broad SMARTS) is 1. The van der Waals surface area contributed by atoms with Gasteiger partial charge in [0.2, 0.25) is 0 Å². The monoisotopic (exact) mass is 228 g/mol. The first kappa shape index (κ1) is 12.2. The SMILES string of the molecule is CCCCC(C(=O)O)C(O)c1ccsc1. The maximum Gasteiger partial charge on any atom is 0.309 e. The van der Waals surface area contributed by atoms with Crippen molar-refractivity contribution >= 4 is 17.3 Å². The summed E-state index contributed by atoms with van der Waals surface area (Å²) in [5.41, 5.74) is 0.712. The Morgan fingerprint density at radius 1 is 1.60 bits per heavy atom. The van der Waals surface area contributed by atoms with Gasteiger partial charge >= 0.3 is 5.97 Å². The number of hydrogen-bond donors (Lipinski definition) is 2. The third kappa shape index (κ3) is 3.32. The number of aliphatic hydroxyl groups is 1. The number of carbonyl (C=O) groups is 1. The number of aliphatic carboxylic acids is 1. The topological polar surface area (TPSA) is 57.5 Å². The molecule has 1 aromatic heterocycles. The minimum atomic E-state index is -0.915. The van der Waals surface area contributed by atoms with Gasteiger partial charge in [-0.3, -0.25) is 4.79 Å². The normalized spacial score (nSPS) is 14.8. The second kappa shape index (κ2) is 5.88. The molecule has 84 valence electrons. The van der Waals surface area contributed by atoms with E-state index in [2.05, 4.69) is 0 Å². The summed E-state index contributed by atoms with van der Waals surface area (Å²) in [5, 5.41) is 22.5. The van der Waals surface area contributed by atoms with Crippen molar-refractivity contribution in [3.8, 4) is 0 Å². The summed E-state index contributed by atoms with van der Waals surface area (Å²) in [6.45, 7) is 2.01. The lowest BCUT2D eigenvalue weighted by Gasteiger charge is -2.17. The molecule has 2 atom stereocenters. The molecular weight excluding hydrogens is 212 g/mol. The van der Waals surface area contributed by atoms with Crippen LogP contribution in [-0.2, 0) is 4.79 Å². The van der Waals surface area contributed by atoms with E-state index in [1.54, 1.807) is 11.4 Å². The first-order valence-electron chi connectivity index (χ1n) is 5.09. The van der Waals surface area contributed by atoms with Crippen molar-refractivity contribution in [2.45, 2.75) is 32.3 Å². The molecule has 1 rings (SSSR count). The molecule has 0 saturated heterocycles. The van der Waals surface area contributed by atoms with Crippen molar-refractivity contribution in [2.24, 2.45) is 5.92 Å². The van der Waals surface area contributed by atoms with Crippen molar-refractivity contribution in [2.75, 3.05) is 0 Å². The molecule has 0 aromatic carbocycles. The highest BCUT2D eigenvalue weighted by molar-refractivity contribution is 7.07. The van der Waals surface area contributed by atoms with Gasteiger partial charge in [0.1, 0.15) is 0 Å². The number of thiophene rings is 1. The molecule has 0 fully saturated rings. The van der Waals surface area contributed by atoms with Crippen LogP contribution in [0.4, 0.5) is 0 Å². The van der Waals surface area contributed by atoms with E-state index in [1.807, 2.05) is 12.3 Å². The van der Waals surface area contributed by atoms with Crippen molar-refractivity contribution in [3.63, 3.8) is 0 Å². The van der Waals surface area contributed by atoms with E-state index in [0.717, 1.165) is 12.8 Å². The zero-order valence-corrected chi connectivity index (χ0v) is 9.54. The first-order valence-corrected chi connectivity index (χ1v) is 6.04. The van der Waals surface area contributed by atoms with E-state index in [1.165, 1.54) is 11.3 Å². The van der Waals surface area contributed by atoms with Crippen LogP contribution < -0.4 is 0 Å². The largest absolute Gasteiger partial charge is 0.481 e. The zero-order chi connectivity index (χ0) is 11.3. The van der Waals surface area contributed by atoms with Crippen molar-refractivity contribution < 1.29 is 15.0 Å². The maximum atomic E-state index is 11.0. The lowest BCUT2D eigenvalue weighted by Crippen LogP contribution is -2.21. The molecule has 1 heterocycles. The fourth-order valence-electron chi connectivity index (χ4n) is 1.52. The minimum Gasteiger partial charge on any atom is -0.481 e. The molecule has 0 aliphatic rings. The van der Waals surface area contributed by atoms with Crippen LogP contribution in [0.15, 0.2) is 16.8 Å². The van der Waals surface area contributed by atoms with Gasteiger partial charge in [0.15, 0.2) is 0 Å². The van der Waals surface area contributed by atoms with E-state index in [4.69, 9.17) is 5.11 Å². The summed E-state index contributed by atoms with van der Waals surface area (Å²) < 4.78 is 0. The van der Waals surface area contributed by atoms with E-state index < -0.39 is 18.0 Å². The van der Waals surface area contributed by atoms with Gasteiger partial charge < -0.3 is 10.2 Å². The van der Waals surface area contributed by atoms with Crippen LogP contribution in [0.5, 0.6) is 0 Å². The van der Waals surface area contributed by atoms with E-state index in [-0.39, 0.29) is 0 Å². The summed E-state index contributed by atoms with van der Waals surface area (Å²) >= 11 is 1.47. The smallest absolute Gasteiger partial charge is 0.309 e. The molecule has 1 aromatic rings. The highest BCUT2D eigenvalue weighted by Gasteiger charge is 2.27. The van der Waals surface area contributed by atoms with Crippen molar-refractivity contribution in [1.29, 1.82) is 0 Å². The van der Waals surface area contributed by atoms with Crippen LogP contribution in [0.3, 0.4) is 0 Å². The lowest BCUT2D eigenvalue weighted by atomic mass is 9.93. The highest BCUT2D eigenvalue weighted by Crippen LogP contribution is 2.27. The average Bonchev–Trinajstić information content (AvgIpc) is 2.70. The molecule has 2 N–H and O–H groups in total. The molecule has 0 aliphatic heterocycles. The molecule has 2 unspecified atom stereocenters. The standard InChI is InChI=1S/C11H16O3S/c1-2-3-4-9(11(13)14)10(12)8-5-6-15-7-8/h5-7,9-10,12H,2-4H2,1H3,(H,13,14). The van der Waals surface area contributed by atoms with Crippen molar-refractivity contribution in [1.82, 2.24) is 0 Å². The van der Waals surface area contributed by atoms with E-state index in [9.17, 15) is 9.90 Å². The maximum absolute atomic E-state index is 11.0. The fraction of sp³-hybridized carbons (Fsp3) is 0.545.